The third-order valence-corrected chi connectivity index (χ3v) is 3.76. The lowest BCUT2D eigenvalue weighted by molar-refractivity contribution is -0.147. The van der Waals surface area contributed by atoms with Crippen LogP contribution in [0.5, 0.6) is 0 Å². The minimum absolute atomic E-state index is 0.456. The summed E-state index contributed by atoms with van der Waals surface area (Å²) < 4.78 is 4.82. The van der Waals surface area contributed by atoms with E-state index in [9.17, 15) is 10.1 Å². The van der Waals surface area contributed by atoms with Crippen molar-refractivity contribution in [3.63, 3.8) is 0 Å². The number of nitriles is 1. The number of benzene rings is 1. The lowest BCUT2D eigenvalue weighted by atomic mass is 9.83. The number of carbonyl (C=O) groups excluding carboxylic acids is 1. The number of rotatable bonds is 9. The standard InChI is InChI=1S/C19H25NO2/c1-3-4-14-19(16-20,18(21)22-2)15-10-6-9-13-17-11-7-5-8-12-17/h5,7-8,10-12,15H,3-4,6,9,13-14H2,1-2H3/b15-10+/t19-/m0/s1. The number of hydrogen-bond acceptors (Lipinski definition) is 3. The maximum Gasteiger partial charge on any atom is 0.330 e. The summed E-state index contributed by atoms with van der Waals surface area (Å²) in [6.45, 7) is 2.04. The molecule has 0 unspecified atom stereocenters. The predicted octanol–water partition coefficient (Wildman–Crippen LogP) is 4.44. The van der Waals surface area contributed by atoms with Crippen LogP contribution in [0.3, 0.4) is 0 Å². The number of nitrogens with zero attached hydrogens (tertiary/aromatic N) is 1. The molecule has 0 saturated carbocycles. The van der Waals surface area contributed by atoms with E-state index in [1.165, 1.54) is 12.7 Å². The second kappa shape index (κ2) is 9.78. The summed E-state index contributed by atoms with van der Waals surface area (Å²) in [5.74, 6) is -0.456. The molecule has 0 saturated heterocycles. The van der Waals surface area contributed by atoms with Crippen LogP contribution in [0.15, 0.2) is 42.5 Å². The monoisotopic (exact) mass is 299 g/mol. The molecule has 0 spiro atoms. The van der Waals surface area contributed by atoms with Gasteiger partial charge in [-0.1, -0.05) is 62.2 Å². The fourth-order valence-electron chi connectivity index (χ4n) is 2.38. The Morgan fingerprint density at radius 3 is 2.64 bits per heavy atom. The van der Waals surface area contributed by atoms with Gasteiger partial charge in [-0.2, -0.15) is 5.26 Å². The summed E-state index contributed by atoms with van der Waals surface area (Å²) in [7, 11) is 1.34. The molecule has 0 fully saturated rings. The molecule has 3 nitrogen and oxygen atoms in total. The topological polar surface area (TPSA) is 50.1 Å². The molecule has 0 aromatic heterocycles. The van der Waals surface area contributed by atoms with E-state index in [0.717, 1.165) is 32.1 Å². The number of esters is 1. The molecule has 1 aromatic rings. The van der Waals surface area contributed by atoms with Crippen molar-refractivity contribution in [3.8, 4) is 6.07 Å². The van der Waals surface area contributed by atoms with Crippen molar-refractivity contribution in [2.75, 3.05) is 7.11 Å². The van der Waals surface area contributed by atoms with Crippen molar-refractivity contribution in [1.29, 1.82) is 5.26 Å². The maximum atomic E-state index is 12.0. The molecule has 0 aliphatic heterocycles. The Morgan fingerprint density at radius 1 is 1.32 bits per heavy atom. The van der Waals surface area contributed by atoms with Crippen LogP contribution in [-0.4, -0.2) is 13.1 Å². The molecule has 0 aliphatic rings. The van der Waals surface area contributed by atoms with Crippen molar-refractivity contribution in [1.82, 2.24) is 0 Å². The van der Waals surface area contributed by atoms with Crippen molar-refractivity contribution < 1.29 is 9.53 Å². The van der Waals surface area contributed by atoms with Gasteiger partial charge in [-0.3, -0.25) is 0 Å². The van der Waals surface area contributed by atoms with Gasteiger partial charge >= 0.3 is 5.97 Å². The fraction of sp³-hybridized carbons (Fsp3) is 0.474. The Bertz CT molecular complexity index is 516. The summed E-state index contributed by atoms with van der Waals surface area (Å²) in [4.78, 5) is 12.0. The molecule has 0 aliphatic carbocycles. The van der Waals surface area contributed by atoms with E-state index in [2.05, 4.69) is 18.2 Å². The summed E-state index contributed by atoms with van der Waals surface area (Å²) in [6.07, 6.45) is 8.82. The molecule has 0 N–H and O–H groups in total. The van der Waals surface area contributed by atoms with Gasteiger partial charge in [-0.25, -0.2) is 4.79 Å². The van der Waals surface area contributed by atoms with Gasteiger partial charge in [-0.15, -0.1) is 0 Å². The van der Waals surface area contributed by atoms with Crippen LogP contribution in [-0.2, 0) is 16.0 Å². The molecule has 1 rings (SSSR count). The van der Waals surface area contributed by atoms with Gasteiger partial charge in [0.1, 0.15) is 0 Å². The molecule has 3 heteroatoms. The predicted molar refractivity (Wildman–Crippen MR) is 88.1 cm³/mol. The normalized spacial score (nSPS) is 13.5. The molecule has 1 atom stereocenters. The van der Waals surface area contributed by atoms with E-state index in [1.807, 2.05) is 31.2 Å². The number of carbonyl (C=O) groups is 1. The van der Waals surface area contributed by atoms with Crippen molar-refractivity contribution in [2.45, 2.75) is 45.4 Å². The van der Waals surface area contributed by atoms with Gasteiger partial charge in [0.2, 0.25) is 0 Å². The van der Waals surface area contributed by atoms with Crippen LogP contribution in [0.25, 0.3) is 0 Å². The molecular formula is C19H25NO2. The molecule has 0 amide bonds. The first-order chi connectivity index (χ1) is 10.7. The van der Waals surface area contributed by atoms with Crippen LogP contribution < -0.4 is 0 Å². The number of hydrogen-bond donors (Lipinski definition) is 0. The van der Waals surface area contributed by atoms with E-state index < -0.39 is 11.4 Å². The van der Waals surface area contributed by atoms with Crippen LogP contribution in [0, 0.1) is 16.7 Å². The Hall–Kier alpha value is -2.08. The smallest absolute Gasteiger partial charge is 0.330 e. The molecule has 1 aromatic carbocycles. The van der Waals surface area contributed by atoms with Gasteiger partial charge in [0.05, 0.1) is 13.2 Å². The second-order valence-electron chi connectivity index (χ2n) is 5.46. The van der Waals surface area contributed by atoms with E-state index in [1.54, 1.807) is 6.08 Å². The number of ether oxygens (including phenoxy) is 1. The van der Waals surface area contributed by atoms with Gasteiger partial charge in [0.25, 0.3) is 0 Å². The van der Waals surface area contributed by atoms with E-state index in [0.29, 0.717) is 6.42 Å². The van der Waals surface area contributed by atoms with E-state index in [4.69, 9.17) is 4.74 Å². The highest BCUT2D eigenvalue weighted by Gasteiger charge is 2.36. The minimum Gasteiger partial charge on any atom is -0.468 e. The first kappa shape index (κ1) is 18.0. The summed E-state index contributed by atoms with van der Waals surface area (Å²) in [6, 6.07) is 12.4. The highest BCUT2D eigenvalue weighted by molar-refractivity contribution is 5.82. The average Bonchev–Trinajstić information content (AvgIpc) is 2.58. The Labute approximate surface area is 133 Å². The quantitative estimate of drug-likeness (QED) is 0.385. The van der Waals surface area contributed by atoms with Crippen LogP contribution in [0.2, 0.25) is 0 Å². The van der Waals surface area contributed by atoms with E-state index >= 15 is 0 Å². The van der Waals surface area contributed by atoms with Crippen LogP contribution in [0.4, 0.5) is 0 Å². The zero-order chi connectivity index (χ0) is 16.3. The summed E-state index contributed by atoms with van der Waals surface area (Å²) in [5.41, 5.74) is 0.179. The molecular weight excluding hydrogens is 274 g/mol. The molecule has 0 heterocycles. The largest absolute Gasteiger partial charge is 0.468 e. The number of allylic oxidation sites excluding steroid dienone is 1. The zero-order valence-corrected chi connectivity index (χ0v) is 13.5. The van der Waals surface area contributed by atoms with Crippen molar-refractivity contribution in [3.05, 3.63) is 48.0 Å². The van der Waals surface area contributed by atoms with Gasteiger partial charge in [-0.05, 0) is 31.2 Å². The molecule has 0 radical (unpaired) electrons. The van der Waals surface area contributed by atoms with Crippen molar-refractivity contribution >= 4 is 5.97 Å². The summed E-state index contributed by atoms with van der Waals surface area (Å²) in [5, 5.41) is 9.44. The fourth-order valence-corrected chi connectivity index (χ4v) is 2.38. The maximum absolute atomic E-state index is 12.0. The SMILES string of the molecule is CCCC[C@@](C#N)(/C=C/CCCc1ccccc1)C(=O)OC. The average molecular weight is 299 g/mol. The Balaban J connectivity index is 2.57. The number of unbranched alkanes of at least 4 members (excludes halogenated alkanes) is 2. The number of methoxy groups -OCH3 is 1. The van der Waals surface area contributed by atoms with Gasteiger partial charge in [0, 0.05) is 0 Å². The lowest BCUT2D eigenvalue weighted by Crippen LogP contribution is -2.28. The Kier molecular flexibility index (Phi) is 7.99. The van der Waals surface area contributed by atoms with Gasteiger partial charge < -0.3 is 4.74 Å². The number of aryl methyl sites for hydroxylation is 1. The molecule has 0 bridgehead atoms. The first-order valence-electron chi connectivity index (χ1n) is 7.90. The van der Waals surface area contributed by atoms with Crippen LogP contribution in [0.1, 0.15) is 44.6 Å². The van der Waals surface area contributed by atoms with E-state index in [-0.39, 0.29) is 0 Å². The zero-order valence-electron chi connectivity index (χ0n) is 13.5. The second-order valence-corrected chi connectivity index (χ2v) is 5.46. The lowest BCUT2D eigenvalue weighted by Gasteiger charge is -2.19. The third-order valence-electron chi connectivity index (χ3n) is 3.76. The first-order valence-corrected chi connectivity index (χ1v) is 7.90. The van der Waals surface area contributed by atoms with Crippen LogP contribution >= 0.6 is 0 Å². The molecule has 22 heavy (non-hydrogen) atoms. The molecule has 118 valence electrons. The van der Waals surface area contributed by atoms with Gasteiger partial charge in [0.15, 0.2) is 5.41 Å². The highest BCUT2D eigenvalue weighted by Crippen LogP contribution is 2.28. The third kappa shape index (κ3) is 5.37. The highest BCUT2D eigenvalue weighted by atomic mass is 16.5. The van der Waals surface area contributed by atoms with Crippen molar-refractivity contribution in [2.24, 2.45) is 5.41 Å². The Morgan fingerprint density at radius 2 is 2.05 bits per heavy atom. The summed E-state index contributed by atoms with van der Waals surface area (Å²) >= 11 is 0. The minimum atomic E-state index is -1.13.